The lowest BCUT2D eigenvalue weighted by atomic mass is 9.86. The predicted octanol–water partition coefficient (Wildman–Crippen LogP) is -0.823. The van der Waals surface area contributed by atoms with Crippen LogP contribution >= 0.6 is 57.9 Å². The monoisotopic (exact) mass is 2140 g/mol. The summed E-state index contributed by atoms with van der Waals surface area (Å²) < 4.78 is 40.3. The molecule has 28 N–H and O–H groups in total. The number of carboxylic acids is 2. The van der Waals surface area contributed by atoms with Gasteiger partial charge in [0.15, 0.2) is 59.7 Å². The number of fused-ring (bicyclic) bond motifs is 16. The van der Waals surface area contributed by atoms with Crippen molar-refractivity contribution < 1.29 is 156 Å². The third-order valence-electron chi connectivity index (χ3n) is 25.1. The van der Waals surface area contributed by atoms with Gasteiger partial charge < -0.3 is 165 Å². The molecule has 2 aromatic heterocycles. The van der Waals surface area contributed by atoms with Crippen LogP contribution in [0.5, 0.6) is 46.0 Å². The number of nitrogens with zero attached hydrogens (tertiary/aromatic N) is 4. The zero-order valence-corrected chi connectivity index (χ0v) is 82.7. The average Bonchev–Trinajstić information content (AvgIpc) is 0.969. The highest BCUT2D eigenvalue weighted by molar-refractivity contribution is 8.00. The van der Waals surface area contributed by atoms with Crippen molar-refractivity contribution in [3.8, 4) is 57.1 Å². The number of hydrogen-bond donors (Lipinski definition) is 25. The van der Waals surface area contributed by atoms with Crippen LogP contribution in [0.25, 0.3) is 11.1 Å². The van der Waals surface area contributed by atoms with E-state index in [2.05, 4.69) is 68.6 Å². The number of halogens is 3. The number of carbonyl (C=O) groups excluding carboxylic acids is 11. The summed E-state index contributed by atoms with van der Waals surface area (Å²) >= 11 is 22.6. The number of nitrogens with one attached hydrogen (secondary N) is 11. The van der Waals surface area contributed by atoms with E-state index in [9.17, 15) is 94.5 Å². The van der Waals surface area contributed by atoms with E-state index in [1.54, 1.807) is 42.9 Å². The Morgan fingerprint density at radius 2 is 1.37 bits per heavy atom. The number of carboxylic acid groups (broad SMARTS) is 2. The van der Waals surface area contributed by atoms with Gasteiger partial charge in [-0.25, -0.2) is 19.1 Å². The Kier molecular flexibility index (Phi) is 34.4. The van der Waals surface area contributed by atoms with Gasteiger partial charge in [-0.3, -0.25) is 57.6 Å². The van der Waals surface area contributed by atoms with Gasteiger partial charge in [0.2, 0.25) is 65.2 Å². The molecular weight excluding hydrogens is 2040 g/mol. The lowest BCUT2D eigenvalue weighted by Crippen LogP contribution is -2.71. The van der Waals surface area contributed by atoms with E-state index in [1.807, 2.05) is 0 Å². The molecule has 3 saturated heterocycles. The van der Waals surface area contributed by atoms with Gasteiger partial charge in [0.1, 0.15) is 124 Å². The van der Waals surface area contributed by atoms with Crippen LogP contribution in [0.1, 0.15) is 135 Å². The number of benzene rings is 5. The Labute approximate surface area is 858 Å². The summed E-state index contributed by atoms with van der Waals surface area (Å²) in [5, 5.41) is 159. The van der Waals surface area contributed by atoms with E-state index in [1.165, 1.54) is 45.8 Å². The van der Waals surface area contributed by atoms with E-state index in [-0.39, 0.29) is 101 Å². The second-order valence-electron chi connectivity index (χ2n) is 36.1. The number of thioether (sulfide) groups is 1. The fraction of sp³-hybridized carbons (Fsp3) is 0.419. The predicted molar refractivity (Wildman–Crippen MR) is 516 cm³/mol. The Morgan fingerprint density at radius 1 is 0.728 bits per heavy atom. The number of carbonyl (C=O) groups is 13. The maximum atomic E-state index is 16.4. The quantitative estimate of drug-likeness (QED) is 0.00860. The zero-order chi connectivity index (χ0) is 106. The van der Waals surface area contributed by atoms with Crippen LogP contribution in [0, 0.1) is 5.92 Å². The van der Waals surface area contributed by atoms with Crippen molar-refractivity contribution in [2.24, 2.45) is 22.5 Å². The van der Waals surface area contributed by atoms with Crippen molar-refractivity contribution in [3.05, 3.63) is 168 Å². The molecule has 3 fully saturated rings. The number of ether oxygens (including phenoxy) is 6. The number of aliphatic carboxylic acids is 2. The number of oxime groups is 1. The largest absolute Gasteiger partial charge is 0.507 e. The molecular formula is C93H106Cl3N18O31S2+. The van der Waals surface area contributed by atoms with Crippen LogP contribution < -0.4 is 94.5 Å². The Bertz CT molecular complexity index is 6380. The molecule has 2 unspecified atom stereocenters. The summed E-state index contributed by atoms with van der Waals surface area (Å²) in [5.74, 6) is -21.1. The Morgan fingerprint density at radius 3 is 1.97 bits per heavy atom. The molecule has 0 aliphatic carbocycles. The first kappa shape index (κ1) is 109. The van der Waals surface area contributed by atoms with Crippen LogP contribution in [-0.2, 0) is 101 Å². The summed E-state index contributed by atoms with van der Waals surface area (Å²) in [4.78, 5) is 196. The number of hydrogen-bond acceptors (Lipinski definition) is 37. The fourth-order valence-corrected chi connectivity index (χ4v) is 20.3. The first-order valence-electron chi connectivity index (χ1n) is 45.7. The second-order valence-corrected chi connectivity index (χ2v) is 39.6. The number of primary amides is 1. The van der Waals surface area contributed by atoms with Crippen molar-refractivity contribution in [2.75, 3.05) is 45.3 Å². The first-order chi connectivity index (χ1) is 69.7. The maximum Gasteiger partial charge on any atom is 0.352 e. The molecule has 5 aromatic carbocycles. The van der Waals surface area contributed by atoms with Crippen LogP contribution in [0.4, 0.5) is 5.13 Å². The minimum Gasteiger partial charge on any atom is -0.507 e. The van der Waals surface area contributed by atoms with Gasteiger partial charge in [0, 0.05) is 91.1 Å². The minimum absolute atomic E-state index is 0.00329. The zero-order valence-electron chi connectivity index (χ0n) is 78.8. The lowest BCUT2D eigenvalue weighted by molar-refractivity contribution is -0.689. The smallest absolute Gasteiger partial charge is 0.352 e. The molecule has 16 rings (SSSR count). The number of aliphatic hydroxyl groups excluding tert-OH is 6. The molecule has 54 heteroatoms. The van der Waals surface area contributed by atoms with Gasteiger partial charge in [0.05, 0.1) is 46.9 Å². The number of anilines is 1. The van der Waals surface area contributed by atoms with Crippen molar-refractivity contribution >= 4 is 146 Å². The molecule has 9 aliphatic rings. The number of phenolic OH excluding ortho intramolecular Hbond substituents is 3. The SMILES string of the molecule is CN[C@H](CC(C)C)C(=O)N[C@H]1C(=O)N[C@@H](CC(N)=O)C(=O)N[C@H]2C(=O)NC3C(=O)NC(C(=O)N[C@H](C(=O)O)c4cc(O)c(CNCCNC(=O)CCC(=O)NCc5cc[n+](CC6=C(C(=O)O)N7C(=O)[C@@H](NC(=O)/C(=N\OC)c8nc(N)sc8Cl)[C@H]7SC6)cc5)c(O)c4-c4cc3ccc4O)[C@H](O)c3ccc(c(Cl)c3)Oc3cc2cc(c3O[C@@H]2O[C@H](CO)[C@@H](O)[C@H](O)[C@H]2O[C@H]2C[C@](C)(N)[C@H](O)[C@H](C)O2)Oc2ccc(cc2Cl)[C@H]1O. The number of aliphatic hydroxyl groups is 6. The van der Waals surface area contributed by atoms with Gasteiger partial charge in [-0.1, -0.05) is 83.3 Å². The van der Waals surface area contributed by atoms with Gasteiger partial charge >= 0.3 is 11.9 Å². The summed E-state index contributed by atoms with van der Waals surface area (Å²) in [6.45, 7) is 4.71. The molecule has 0 saturated carbocycles. The number of amides is 11. The molecule has 0 radical (unpaired) electrons. The minimum atomic E-state index is -2.44. The molecule has 9 aliphatic heterocycles. The lowest BCUT2D eigenvalue weighted by Gasteiger charge is -2.49. The van der Waals surface area contributed by atoms with Crippen LogP contribution in [-0.4, -0.2) is 279 Å². The molecule has 7 aromatic rings. The number of nitrogen functional groups attached to an aromatic ring is 1. The number of β-lactam (4-membered cyclic amide) rings is 1. The number of aromatic nitrogens is 2. The van der Waals surface area contributed by atoms with Crippen molar-refractivity contribution in [2.45, 2.75) is 200 Å². The molecule has 147 heavy (non-hydrogen) atoms. The Balaban J connectivity index is 0.754. The number of likely N-dealkylation sites (N-methyl/N-ethyl adjacent to an activating group) is 1. The summed E-state index contributed by atoms with van der Waals surface area (Å²) in [7, 11) is 2.64. The first-order valence-corrected chi connectivity index (χ1v) is 48.7. The fourth-order valence-electron chi connectivity index (χ4n) is 17.5. The van der Waals surface area contributed by atoms with Crippen LogP contribution in [0.15, 0.2) is 114 Å². The van der Waals surface area contributed by atoms with Gasteiger partial charge in [-0.15, -0.1) is 11.8 Å². The molecule has 786 valence electrons. The molecule has 49 nitrogen and oxygen atoms in total. The van der Waals surface area contributed by atoms with Crippen LogP contribution in [0.2, 0.25) is 14.4 Å². The van der Waals surface area contributed by atoms with Crippen molar-refractivity contribution in [1.82, 2.24) is 68.4 Å². The highest BCUT2D eigenvalue weighted by atomic mass is 35.5. The number of pyridine rings is 1. The van der Waals surface area contributed by atoms with Gasteiger partial charge in [0.25, 0.3) is 11.8 Å². The third kappa shape index (κ3) is 24.4. The number of aromatic hydroxyl groups is 3. The standard InChI is InChI=1S/C93H105Cl3N18O31S2/c1-35(2)21-48(100-5)80(127)108-67-71(121)39-8-11-52(46(94)23-39)141-54-25-41-26-55(76(54)145-91-77(75(125)74(124)56(33-115)143-91)144-60-29-93(4,99)78(126)36(3)140-60)142-53-12-9-40(24-47(53)95)72(122)68-86(133)107-64(89(135)136)44-27-51(117)45(73(123)61(44)43-22-38(7-10-50(43)116)62(82(129)109-68)106-83(130)63(41)105-81(128)49(28-57(97)118)104-85(67)132)31-101-17-18-102-58(119)13-14-59(120)103-30-37-15-19-113(20-16-37)32-42-34-146-88-69(87(134)114(88)70(42)90(137)138)110-84(131)66(112-139-6)65-79(96)147-92(98)111-65/h7-12,15-16,19-20,22-27,35-36,48-49,56,60,62-64,67-69,71-72,74-75,77-78,88,91,100-101,115,121-122,124-126H,13-14,17-18,21,28-34,99H2,1-6H3,(H17-,97,98,102,103,104,105,106,107,108,109,110,111,112,116,117,118,119,120,123,127,128,129,130,131,132,133,135,136,137,138)/p+1/t36-,48+,49-,56+,60-,62?,63+,64-,67+,68?,69+,71+,72+,74+,75-,77+,78+,88+,91-,93-/m0/s1. The van der Waals surface area contributed by atoms with E-state index >= 15 is 24.0 Å². The number of nitrogens with two attached hydrogens (primary N) is 3. The summed E-state index contributed by atoms with van der Waals surface area (Å²) in [5.41, 5.74) is 13.1. The van der Waals surface area contributed by atoms with E-state index in [4.69, 9.17) is 85.3 Å². The average molecular weight is 2140 g/mol. The van der Waals surface area contributed by atoms with E-state index in [0.29, 0.717) is 11.1 Å². The number of rotatable bonds is 30. The third-order valence-corrected chi connectivity index (χ3v) is 28.2. The second kappa shape index (κ2) is 46.3. The van der Waals surface area contributed by atoms with E-state index < -0.39 is 307 Å². The number of phenols is 3. The molecule has 11 heterocycles. The molecule has 0 spiro atoms. The molecule has 20 atom stereocenters. The topological polar surface area (TPSA) is 752 Å². The van der Waals surface area contributed by atoms with Crippen molar-refractivity contribution in [1.29, 1.82) is 0 Å². The summed E-state index contributed by atoms with van der Waals surface area (Å²) in [6.07, 6.45) is -16.6. The van der Waals surface area contributed by atoms with Crippen LogP contribution in [0.3, 0.4) is 0 Å². The number of thiazole rings is 1. The highest BCUT2D eigenvalue weighted by Gasteiger charge is 2.57. The summed E-state index contributed by atoms with van der Waals surface area (Å²) in [6, 6.07) is -0.392. The van der Waals surface area contributed by atoms with Gasteiger partial charge in [-0.2, -0.15) is 0 Å². The van der Waals surface area contributed by atoms with Crippen molar-refractivity contribution in [3.63, 3.8) is 0 Å². The normalized spacial score (nSPS) is 25.9. The molecule has 11 bridgehead atoms. The van der Waals surface area contributed by atoms with E-state index in [0.717, 1.165) is 83.0 Å². The van der Waals surface area contributed by atoms with Gasteiger partial charge in [-0.05, 0) is 116 Å². The Hall–Kier alpha value is -13.5. The molecule has 11 amide bonds. The maximum absolute atomic E-state index is 16.4. The highest BCUT2D eigenvalue weighted by Crippen LogP contribution is 2.52.